The van der Waals surface area contributed by atoms with Gasteiger partial charge in [-0.25, -0.2) is 0 Å². The molecule has 18 heavy (non-hydrogen) atoms. The first-order valence-corrected chi connectivity index (χ1v) is 7.17. The normalized spacial score (nSPS) is 19.7. The zero-order valence-corrected chi connectivity index (χ0v) is 12.1. The first kappa shape index (κ1) is 15.4. The second-order valence-electron chi connectivity index (χ2n) is 5.59. The topological polar surface area (TPSA) is 41.6 Å². The number of hydrogen-bond acceptors (Lipinski definition) is 4. The van der Waals surface area contributed by atoms with E-state index in [1.54, 1.807) is 0 Å². The van der Waals surface area contributed by atoms with Crippen LogP contribution in [0.1, 0.15) is 46.5 Å². The lowest BCUT2D eigenvalue weighted by molar-refractivity contribution is -0.143. The monoisotopic (exact) mass is 256 g/mol. The minimum atomic E-state index is -0.0556. The summed E-state index contributed by atoms with van der Waals surface area (Å²) in [6.45, 7) is 11.3. The van der Waals surface area contributed by atoms with Crippen molar-refractivity contribution in [3.05, 3.63) is 0 Å². The molecule has 0 aromatic carbocycles. The van der Waals surface area contributed by atoms with Crippen molar-refractivity contribution in [1.82, 2.24) is 10.2 Å². The fraction of sp³-hybridized carbons (Fsp3) is 0.929. The van der Waals surface area contributed by atoms with Gasteiger partial charge in [0.1, 0.15) is 0 Å². The lowest BCUT2D eigenvalue weighted by Crippen LogP contribution is -2.57. The van der Waals surface area contributed by atoms with Gasteiger partial charge in [0.15, 0.2) is 0 Å². The Morgan fingerprint density at radius 3 is 2.78 bits per heavy atom. The molecule has 0 amide bonds. The van der Waals surface area contributed by atoms with Crippen molar-refractivity contribution >= 4 is 5.97 Å². The lowest BCUT2D eigenvalue weighted by atomic mass is 9.99. The van der Waals surface area contributed by atoms with E-state index in [1.165, 1.54) is 6.42 Å². The van der Waals surface area contributed by atoms with Crippen LogP contribution in [0.25, 0.3) is 0 Å². The third-order valence-electron chi connectivity index (χ3n) is 3.59. The first-order chi connectivity index (χ1) is 8.56. The van der Waals surface area contributed by atoms with Gasteiger partial charge in [0.2, 0.25) is 0 Å². The molecule has 0 aliphatic carbocycles. The molecule has 1 aliphatic rings. The van der Waals surface area contributed by atoms with E-state index >= 15 is 0 Å². The van der Waals surface area contributed by atoms with E-state index in [-0.39, 0.29) is 11.5 Å². The van der Waals surface area contributed by atoms with Crippen LogP contribution in [-0.2, 0) is 9.53 Å². The van der Waals surface area contributed by atoms with Crippen molar-refractivity contribution in [2.45, 2.75) is 52.0 Å². The molecule has 1 fully saturated rings. The van der Waals surface area contributed by atoms with Crippen LogP contribution in [0.4, 0.5) is 0 Å². The SMILES string of the molecule is CCOC(=O)CCCCCN1CCNCC1(C)C. The Morgan fingerprint density at radius 2 is 2.11 bits per heavy atom. The second-order valence-corrected chi connectivity index (χ2v) is 5.59. The van der Waals surface area contributed by atoms with Crippen LogP contribution in [0.5, 0.6) is 0 Å². The Morgan fingerprint density at radius 1 is 1.33 bits per heavy atom. The summed E-state index contributed by atoms with van der Waals surface area (Å²) >= 11 is 0. The molecule has 0 spiro atoms. The van der Waals surface area contributed by atoms with Gasteiger partial charge in [-0.3, -0.25) is 9.69 Å². The van der Waals surface area contributed by atoms with Gasteiger partial charge in [0, 0.05) is 31.6 Å². The van der Waals surface area contributed by atoms with E-state index in [9.17, 15) is 4.79 Å². The number of ether oxygens (including phenoxy) is 1. The van der Waals surface area contributed by atoms with E-state index in [4.69, 9.17) is 4.74 Å². The molecule has 0 atom stereocenters. The molecule has 0 saturated carbocycles. The number of unbranched alkanes of at least 4 members (excludes halogenated alkanes) is 2. The van der Waals surface area contributed by atoms with Crippen LogP contribution < -0.4 is 5.32 Å². The Hall–Kier alpha value is -0.610. The predicted molar refractivity (Wildman–Crippen MR) is 73.6 cm³/mol. The molecule has 1 heterocycles. The van der Waals surface area contributed by atoms with Crippen molar-refractivity contribution in [3.8, 4) is 0 Å². The van der Waals surface area contributed by atoms with Crippen LogP contribution in [0.2, 0.25) is 0 Å². The molecule has 4 heteroatoms. The summed E-state index contributed by atoms with van der Waals surface area (Å²) in [7, 11) is 0. The molecule has 4 nitrogen and oxygen atoms in total. The molecule has 1 rings (SSSR count). The van der Waals surface area contributed by atoms with E-state index < -0.39 is 0 Å². The summed E-state index contributed by atoms with van der Waals surface area (Å²) in [6.07, 6.45) is 3.80. The lowest BCUT2D eigenvalue weighted by Gasteiger charge is -2.43. The fourth-order valence-electron chi connectivity index (χ4n) is 2.42. The van der Waals surface area contributed by atoms with Crippen molar-refractivity contribution < 1.29 is 9.53 Å². The Labute approximate surface area is 111 Å². The highest BCUT2D eigenvalue weighted by molar-refractivity contribution is 5.69. The van der Waals surface area contributed by atoms with E-state index in [0.717, 1.165) is 39.0 Å². The second kappa shape index (κ2) is 7.74. The zero-order valence-electron chi connectivity index (χ0n) is 12.1. The minimum Gasteiger partial charge on any atom is -0.466 e. The summed E-state index contributed by atoms with van der Waals surface area (Å²) in [6, 6.07) is 0. The standard InChI is InChI=1S/C14H28N2O2/c1-4-18-13(17)8-6-5-7-10-16-11-9-15-12-14(16,2)3/h15H,4-12H2,1-3H3. The van der Waals surface area contributed by atoms with Crippen molar-refractivity contribution in [1.29, 1.82) is 0 Å². The highest BCUT2D eigenvalue weighted by atomic mass is 16.5. The Balaban J connectivity index is 2.08. The highest BCUT2D eigenvalue weighted by Crippen LogP contribution is 2.17. The van der Waals surface area contributed by atoms with Gasteiger partial charge >= 0.3 is 5.97 Å². The molecule has 0 aromatic rings. The summed E-state index contributed by atoms with van der Waals surface area (Å²) < 4.78 is 4.91. The van der Waals surface area contributed by atoms with Crippen LogP contribution in [0, 0.1) is 0 Å². The molecule has 0 unspecified atom stereocenters. The summed E-state index contributed by atoms with van der Waals surface area (Å²) in [5.41, 5.74) is 0.263. The molecular weight excluding hydrogens is 228 g/mol. The number of esters is 1. The Kier molecular flexibility index (Phi) is 6.65. The fourth-order valence-corrected chi connectivity index (χ4v) is 2.42. The third-order valence-corrected chi connectivity index (χ3v) is 3.59. The molecule has 1 saturated heterocycles. The molecule has 0 aromatic heterocycles. The maximum atomic E-state index is 11.2. The van der Waals surface area contributed by atoms with Crippen LogP contribution >= 0.6 is 0 Å². The molecule has 106 valence electrons. The maximum Gasteiger partial charge on any atom is 0.305 e. The maximum absolute atomic E-state index is 11.2. The van der Waals surface area contributed by atoms with Gasteiger partial charge in [-0.05, 0) is 40.2 Å². The van der Waals surface area contributed by atoms with Crippen LogP contribution in [0.3, 0.4) is 0 Å². The first-order valence-electron chi connectivity index (χ1n) is 7.17. The van der Waals surface area contributed by atoms with Gasteiger partial charge in [-0.15, -0.1) is 0 Å². The van der Waals surface area contributed by atoms with Gasteiger partial charge in [-0.2, -0.15) is 0 Å². The number of rotatable bonds is 7. The van der Waals surface area contributed by atoms with E-state index in [2.05, 4.69) is 24.1 Å². The molecule has 1 aliphatic heterocycles. The largest absolute Gasteiger partial charge is 0.466 e. The number of nitrogens with one attached hydrogen (secondary N) is 1. The number of hydrogen-bond donors (Lipinski definition) is 1. The average Bonchev–Trinajstić information content (AvgIpc) is 2.30. The van der Waals surface area contributed by atoms with Crippen LogP contribution in [0.15, 0.2) is 0 Å². The van der Waals surface area contributed by atoms with Gasteiger partial charge in [0.25, 0.3) is 0 Å². The van der Waals surface area contributed by atoms with Gasteiger partial charge < -0.3 is 10.1 Å². The van der Waals surface area contributed by atoms with Crippen molar-refractivity contribution in [3.63, 3.8) is 0 Å². The highest BCUT2D eigenvalue weighted by Gasteiger charge is 2.28. The number of carbonyl (C=O) groups is 1. The van der Waals surface area contributed by atoms with Gasteiger partial charge in [0.05, 0.1) is 6.61 Å². The third kappa shape index (κ3) is 5.36. The average molecular weight is 256 g/mol. The molecule has 0 radical (unpaired) electrons. The molecule has 1 N–H and O–H groups in total. The smallest absolute Gasteiger partial charge is 0.305 e. The summed E-state index contributed by atoms with van der Waals surface area (Å²) in [5, 5.41) is 3.43. The van der Waals surface area contributed by atoms with Crippen LogP contribution in [-0.4, -0.2) is 49.2 Å². The van der Waals surface area contributed by atoms with E-state index in [1.807, 2.05) is 6.92 Å². The Bertz CT molecular complexity index is 254. The van der Waals surface area contributed by atoms with Gasteiger partial charge in [-0.1, -0.05) is 6.42 Å². The summed E-state index contributed by atoms with van der Waals surface area (Å²) in [4.78, 5) is 13.7. The van der Waals surface area contributed by atoms with E-state index in [0.29, 0.717) is 13.0 Å². The summed E-state index contributed by atoms with van der Waals surface area (Å²) in [5.74, 6) is -0.0556. The predicted octanol–water partition coefficient (Wildman–Crippen LogP) is 1.79. The molecular formula is C14H28N2O2. The number of nitrogens with zero attached hydrogens (tertiary/aromatic N) is 1. The number of piperazine rings is 1. The van der Waals surface area contributed by atoms with Crippen molar-refractivity contribution in [2.75, 3.05) is 32.8 Å². The zero-order chi connectivity index (χ0) is 13.4. The van der Waals surface area contributed by atoms with Crippen molar-refractivity contribution in [2.24, 2.45) is 0 Å². The quantitative estimate of drug-likeness (QED) is 0.557. The minimum absolute atomic E-state index is 0.0556. The number of carbonyl (C=O) groups excluding carboxylic acids is 1. The molecule has 0 bridgehead atoms.